The summed E-state index contributed by atoms with van der Waals surface area (Å²) in [6.07, 6.45) is 6.20. The molecular weight excluding hydrogens is 493 g/mol. The van der Waals surface area contributed by atoms with E-state index in [-0.39, 0.29) is 36.5 Å². The van der Waals surface area contributed by atoms with Crippen LogP contribution in [0, 0.1) is 5.82 Å². The second-order valence-corrected chi connectivity index (χ2v) is 8.95. The van der Waals surface area contributed by atoms with E-state index in [2.05, 4.69) is 15.1 Å². The number of ether oxygens (including phenoxy) is 2. The number of aliphatic hydroxyl groups excluding tert-OH is 1. The van der Waals surface area contributed by atoms with E-state index in [1.807, 2.05) is 17.8 Å². The molecule has 1 aliphatic rings. The van der Waals surface area contributed by atoms with Gasteiger partial charge < -0.3 is 24.0 Å². The zero-order chi connectivity index (χ0) is 26.8. The fourth-order valence-electron chi connectivity index (χ4n) is 4.67. The standard InChI is InChI=1S/C26H28FN7O4/c1-32-14-16(12-29-32)21-13-28-19-5-6-23(30-20-10-18(37-2)11-22(38-3)25(20)27)34(26(19)31-21)15-17-4-7-24(36)33(17)8-9-35/h5-6,10-14,17,35H,4,7-9,15H2,1-3H3/b30-23+. The Morgan fingerprint density at radius 1 is 1.21 bits per heavy atom. The Hall–Kier alpha value is -4.32. The van der Waals surface area contributed by atoms with E-state index in [1.54, 1.807) is 34.1 Å². The molecule has 0 bridgehead atoms. The Bertz CT molecular complexity index is 1570. The van der Waals surface area contributed by atoms with Crippen LogP contribution in [0.2, 0.25) is 0 Å². The first kappa shape index (κ1) is 25.3. The minimum absolute atomic E-state index is 0.00426. The zero-order valence-corrected chi connectivity index (χ0v) is 21.3. The summed E-state index contributed by atoms with van der Waals surface area (Å²) in [5, 5.41) is 13.8. The van der Waals surface area contributed by atoms with Gasteiger partial charge in [0.25, 0.3) is 0 Å². The summed E-state index contributed by atoms with van der Waals surface area (Å²) in [5.74, 6) is -0.254. The van der Waals surface area contributed by atoms with Gasteiger partial charge in [0.15, 0.2) is 17.2 Å². The molecule has 5 rings (SSSR count). The van der Waals surface area contributed by atoms with E-state index in [0.29, 0.717) is 47.5 Å². The number of hydrogen-bond donors (Lipinski definition) is 1. The normalized spacial score (nSPS) is 16.0. The van der Waals surface area contributed by atoms with E-state index >= 15 is 4.39 Å². The summed E-state index contributed by atoms with van der Waals surface area (Å²) in [6.45, 7) is 0.422. The number of aliphatic hydroxyl groups is 1. The molecule has 1 unspecified atom stereocenters. The molecule has 4 aromatic rings. The van der Waals surface area contributed by atoms with E-state index in [9.17, 15) is 9.90 Å². The number of aromatic nitrogens is 5. The van der Waals surface area contributed by atoms with Crippen LogP contribution in [0.25, 0.3) is 22.4 Å². The van der Waals surface area contributed by atoms with Gasteiger partial charge in [-0.1, -0.05) is 0 Å². The summed E-state index contributed by atoms with van der Waals surface area (Å²) in [7, 11) is 4.67. The summed E-state index contributed by atoms with van der Waals surface area (Å²) in [4.78, 5) is 28.3. The van der Waals surface area contributed by atoms with Gasteiger partial charge in [0.2, 0.25) is 5.91 Å². The predicted molar refractivity (Wildman–Crippen MR) is 136 cm³/mol. The Labute approximate surface area is 217 Å². The number of halogens is 1. The number of fused-ring (bicyclic) bond motifs is 1. The highest BCUT2D eigenvalue weighted by molar-refractivity contribution is 5.79. The van der Waals surface area contributed by atoms with E-state index in [0.717, 1.165) is 5.56 Å². The van der Waals surface area contributed by atoms with Crippen molar-refractivity contribution < 1.29 is 23.8 Å². The van der Waals surface area contributed by atoms with E-state index in [4.69, 9.17) is 14.5 Å². The Kier molecular flexibility index (Phi) is 7.05. The number of carbonyl (C=O) groups excluding carboxylic acids is 1. The minimum atomic E-state index is -0.631. The quantitative estimate of drug-likeness (QED) is 0.378. The van der Waals surface area contributed by atoms with Crippen LogP contribution in [0.15, 0.2) is 47.8 Å². The van der Waals surface area contributed by atoms with Gasteiger partial charge in [-0.05, 0) is 18.6 Å². The number of aryl methyl sites for hydroxylation is 1. The maximum atomic E-state index is 15.2. The predicted octanol–water partition coefficient (Wildman–Crippen LogP) is 2.20. The molecule has 0 radical (unpaired) electrons. The first-order valence-electron chi connectivity index (χ1n) is 12.1. The van der Waals surface area contributed by atoms with Crippen LogP contribution in [0.4, 0.5) is 10.1 Å². The van der Waals surface area contributed by atoms with Crippen molar-refractivity contribution in [1.82, 2.24) is 29.2 Å². The highest BCUT2D eigenvalue weighted by Crippen LogP contribution is 2.32. The molecule has 0 saturated carbocycles. The third-order valence-electron chi connectivity index (χ3n) is 6.58. The molecule has 4 heterocycles. The van der Waals surface area contributed by atoms with Gasteiger partial charge in [0.05, 0.1) is 45.0 Å². The second kappa shape index (κ2) is 10.6. The monoisotopic (exact) mass is 521 g/mol. The minimum Gasteiger partial charge on any atom is -0.497 e. The summed E-state index contributed by atoms with van der Waals surface area (Å²) in [5.41, 5.74) is 2.97. The molecule has 1 amide bonds. The molecule has 1 N–H and O–H groups in total. The average Bonchev–Trinajstić information content (AvgIpc) is 3.51. The van der Waals surface area contributed by atoms with Crippen molar-refractivity contribution in [1.29, 1.82) is 0 Å². The number of hydrogen-bond acceptors (Lipinski definition) is 8. The smallest absolute Gasteiger partial charge is 0.223 e. The van der Waals surface area contributed by atoms with Crippen LogP contribution in [0.1, 0.15) is 12.8 Å². The number of methoxy groups -OCH3 is 2. The number of rotatable bonds is 8. The number of pyridine rings is 1. The summed E-state index contributed by atoms with van der Waals surface area (Å²) >= 11 is 0. The van der Waals surface area contributed by atoms with Gasteiger partial charge in [-0.2, -0.15) is 5.10 Å². The van der Waals surface area contributed by atoms with Crippen molar-refractivity contribution in [3.8, 4) is 22.8 Å². The molecule has 1 fully saturated rings. The fraction of sp³-hybridized carbons (Fsp3) is 0.346. The lowest BCUT2D eigenvalue weighted by atomic mass is 10.2. The molecule has 0 aliphatic carbocycles. The molecule has 1 atom stereocenters. The molecule has 1 saturated heterocycles. The first-order chi connectivity index (χ1) is 18.4. The molecule has 1 aliphatic heterocycles. The lowest BCUT2D eigenvalue weighted by Gasteiger charge is -2.25. The summed E-state index contributed by atoms with van der Waals surface area (Å²) < 4.78 is 29.2. The highest BCUT2D eigenvalue weighted by atomic mass is 19.1. The zero-order valence-electron chi connectivity index (χ0n) is 21.3. The highest BCUT2D eigenvalue weighted by Gasteiger charge is 2.31. The SMILES string of the molecule is COc1cc(/N=c2\ccc3ncc(-c4cnn(C)c4)nc3n2CC2CCC(=O)N2CCO)c(F)c(OC)c1. The number of nitrogens with zero attached hydrogens (tertiary/aromatic N) is 7. The van der Waals surface area contributed by atoms with Crippen LogP contribution in [-0.4, -0.2) is 73.6 Å². The van der Waals surface area contributed by atoms with E-state index in [1.165, 1.54) is 26.4 Å². The maximum absolute atomic E-state index is 15.2. The maximum Gasteiger partial charge on any atom is 0.223 e. The molecule has 12 heteroatoms. The van der Waals surface area contributed by atoms with Gasteiger partial charge in [-0.15, -0.1) is 0 Å². The molecule has 3 aromatic heterocycles. The lowest BCUT2D eigenvalue weighted by molar-refractivity contribution is -0.129. The van der Waals surface area contributed by atoms with Crippen molar-refractivity contribution >= 4 is 22.8 Å². The van der Waals surface area contributed by atoms with Crippen LogP contribution in [0.5, 0.6) is 11.5 Å². The number of amides is 1. The lowest BCUT2D eigenvalue weighted by Crippen LogP contribution is -2.40. The second-order valence-electron chi connectivity index (χ2n) is 8.95. The number of benzene rings is 1. The molecule has 0 spiro atoms. The Morgan fingerprint density at radius 2 is 2.05 bits per heavy atom. The third kappa shape index (κ3) is 4.82. The van der Waals surface area contributed by atoms with Crippen molar-refractivity contribution in [2.24, 2.45) is 12.0 Å². The molecule has 38 heavy (non-hydrogen) atoms. The largest absolute Gasteiger partial charge is 0.497 e. The number of β-amino-alcohol motifs (C(OH)–C–C–N with tert-alkyl or cyclic N) is 1. The van der Waals surface area contributed by atoms with E-state index < -0.39 is 5.82 Å². The summed E-state index contributed by atoms with van der Waals surface area (Å²) in [6, 6.07) is 6.24. The van der Waals surface area contributed by atoms with Crippen LogP contribution in [0.3, 0.4) is 0 Å². The first-order valence-corrected chi connectivity index (χ1v) is 12.1. The third-order valence-corrected chi connectivity index (χ3v) is 6.58. The molecular formula is C26H28FN7O4. The van der Waals surface area contributed by atoms with Crippen molar-refractivity contribution in [2.45, 2.75) is 25.4 Å². The average molecular weight is 522 g/mol. The Balaban J connectivity index is 1.72. The molecule has 1 aromatic carbocycles. The van der Waals surface area contributed by atoms with Gasteiger partial charge in [0, 0.05) is 50.5 Å². The Morgan fingerprint density at radius 3 is 2.76 bits per heavy atom. The van der Waals surface area contributed by atoms with Gasteiger partial charge in [0.1, 0.15) is 22.4 Å². The van der Waals surface area contributed by atoms with Crippen LogP contribution < -0.4 is 15.0 Å². The molecule has 11 nitrogen and oxygen atoms in total. The molecule has 198 valence electrons. The topological polar surface area (TPSA) is 120 Å². The fourth-order valence-corrected chi connectivity index (χ4v) is 4.67. The van der Waals surface area contributed by atoms with Gasteiger partial charge in [-0.3, -0.25) is 14.5 Å². The van der Waals surface area contributed by atoms with Gasteiger partial charge >= 0.3 is 0 Å². The number of likely N-dealkylation sites (tertiary alicyclic amines) is 1. The van der Waals surface area contributed by atoms with Crippen molar-refractivity contribution in [2.75, 3.05) is 27.4 Å². The number of carbonyl (C=O) groups is 1. The van der Waals surface area contributed by atoms with Crippen molar-refractivity contribution in [3.63, 3.8) is 0 Å². The van der Waals surface area contributed by atoms with Crippen molar-refractivity contribution in [3.05, 3.63) is 54.2 Å². The van der Waals surface area contributed by atoms with Crippen LogP contribution in [-0.2, 0) is 18.4 Å². The van der Waals surface area contributed by atoms with Gasteiger partial charge in [-0.25, -0.2) is 14.4 Å². The van der Waals surface area contributed by atoms with Crippen LogP contribution >= 0.6 is 0 Å².